The van der Waals surface area contributed by atoms with Crippen LogP contribution in [0.15, 0.2) is 39.3 Å². The molecule has 0 amide bonds. The highest BCUT2D eigenvalue weighted by Gasteiger charge is 2.58. The lowest BCUT2D eigenvalue weighted by molar-refractivity contribution is -0.0830. The third-order valence-electron chi connectivity index (χ3n) is 10.7. The van der Waals surface area contributed by atoms with E-state index in [4.69, 9.17) is 9.15 Å². The van der Waals surface area contributed by atoms with Gasteiger partial charge in [-0.3, -0.25) is 4.90 Å². The summed E-state index contributed by atoms with van der Waals surface area (Å²) in [5, 5.41) is 0. The fourth-order valence-electron chi connectivity index (χ4n) is 8.91. The average Bonchev–Trinajstić information content (AvgIpc) is 3.17. The van der Waals surface area contributed by atoms with Gasteiger partial charge in [0.1, 0.15) is 0 Å². The monoisotopic (exact) mass is 437 g/mol. The van der Waals surface area contributed by atoms with Crippen LogP contribution in [0.3, 0.4) is 0 Å². The van der Waals surface area contributed by atoms with Crippen molar-refractivity contribution in [1.29, 1.82) is 0 Å². The Hall–Kier alpha value is -1.39. The summed E-state index contributed by atoms with van der Waals surface area (Å²) in [6, 6.07) is 4.39. The summed E-state index contributed by atoms with van der Waals surface area (Å²) in [7, 11) is 0. The Kier molecular flexibility index (Phi) is 5.18. The summed E-state index contributed by atoms with van der Waals surface area (Å²) >= 11 is 0. The molecule has 0 bridgehead atoms. The first-order valence-corrected chi connectivity index (χ1v) is 13.1. The van der Waals surface area contributed by atoms with Crippen molar-refractivity contribution in [3.8, 4) is 0 Å². The van der Waals surface area contributed by atoms with Crippen LogP contribution in [0.5, 0.6) is 0 Å². The van der Waals surface area contributed by atoms with Crippen LogP contribution < -0.4 is 5.63 Å². The van der Waals surface area contributed by atoms with Crippen molar-refractivity contribution in [2.24, 2.45) is 28.6 Å². The van der Waals surface area contributed by atoms with Crippen molar-refractivity contribution in [3.63, 3.8) is 0 Å². The molecule has 1 aromatic heterocycles. The van der Waals surface area contributed by atoms with Gasteiger partial charge in [-0.25, -0.2) is 4.79 Å². The molecule has 1 unspecified atom stereocenters. The Bertz CT molecular complexity index is 926. The normalized spacial score (nSPS) is 44.3. The first kappa shape index (κ1) is 21.2. The van der Waals surface area contributed by atoms with Crippen LogP contribution in [-0.4, -0.2) is 37.2 Å². The molecule has 1 aliphatic heterocycles. The highest BCUT2D eigenvalue weighted by Crippen LogP contribution is 2.67. The summed E-state index contributed by atoms with van der Waals surface area (Å²) in [4.78, 5) is 14.2. The molecule has 5 aliphatic rings. The lowest BCUT2D eigenvalue weighted by Gasteiger charge is -2.60. The van der Waals surface area contributed by atoms with Gasteiger partial charge in [0.2, 0.25) is 0 Å². The Morgan fingerprint density at radius 2 is 1.88 bits per heavy atom. The first-order chi connectivity index (χ1) is 15.5. The Labute approximate surface area is 192 Å². The number of rotatable bonds is 2. The van der Waals surface area contributed by atoms with Gasteiger partial charge in [-0.2, -0.15) is 0 Å². The van der Waals surface area contributed by atoms with Gasteiger partial charge < -0.3 is 9.15 Å². The maximum Gasteiger partial charge on any atom is 0.335 e. The molecule has 174 valence electrons. The van der Waals surface area contributed by atoms with Gasteiger partial charge in [-0.1, -0.05) is 25.5 Å². The number of morpholine rings is 1. The second-order valence-electron chi connectivity index (χ2n) is 11.9. The molecular formula is C28H39NO3. The zero-order valence-corrected chi connectivity index (χ0v) is 19.9. The molecular weight excluding hydrogens is 398 g/mol. The molecule has 4 heteroatoms. The lowest BCUT2D eigenvalue weighted by atomic mass is 9.45. The lowest BCUT2D eigenvalue weighted by Crippen LogP contribution is -2.54. The summed E-state index contributed by atoms with van der Waals surface area (Å²) < 4.78 is 10.9. The third kappa shape index (κ3) is 3.20. The van der Waals surface area contributed by atoms with Crippen molar-refractivity contribution < 1.29 is 9.15 Å². The SMILES string of the molecule is C[C@]12CCC(N3CCOCC3)C[C@H]1CC[C@H]1C3=CC[C@H](c4ccc(=O)oc4)[C@@]3(C)CC[C@@H]12. The third-order valence-corrected chi connectivity index (χ3v) is 10.7. The highest BCUT2D eigenvalue weighted by atomic mass is 16.5. The minimum absolute atomic E-state index is 0.231. The molecule has 4 nitrogen and oxygen atoms in total. The van der Waals surface area contributed by atoms with E-state index in [1.165, 1.54) is 50.5 Å². The molecule has 4 fully saturated rings. The van der Waals surface area contributed by atoms with Gasteiger partial charge >= 0.3 is 5.63 Å². The largest absolute Gasteiger partial charge is 0.431 e. The molecule has 7 atom stereocenters. The molecule has 0 aromatic carbocycles. The highest BCUT2D eigenvalue weighted by molar-refractivity contribution is 5.36. The zero-order valence-electron chi connectivity index (χ0n) is 19.9. The molecule has 3 saturated carbocycles. The van der Waals surface area contributed by atoms with Crippen molar-refractivity contribution in [1.82, 2.24) is 4.90 Å². The predicted molar refractivity (Wildman–Crippen MR) is 126 cm³/mol. The number of hydrogen-bond acceptors (Lipinski definition) is 4. The molecule has 2 heterocycles. The molecule has 0 spiro atoms. The van der Waals surface area contributed by atoms with Crippen LogP contribution in [0.1, 0.15) is 76.7 Å². The zero-order chi connectivity index (χ0) is 21.9. The quantitative estimate of drug-likeness (QED) is 0.582. The van der Waals surface area contributed by atoms with Gasteiger partial charge in [0.05, 0.1) is 19.5 Å². The fraction of sp³-hybridized carbons (Fsp3) is 0.750. The fourth-order valence-corrected chi connectivity index (χ4v) is 8.91. The van der Waals surface area contributed by atoms with Crippen molar-refractivity contribution >= 4 is 0 Å². The van der Waals surface area contributed by atoms with Crippen molar-refractivity contribution in [3.05, 3.63) is 46.0 Å². The smallest absolute Gasteiger partial charge is 0.335 e. The van der Waals surface area contributed by atoms with Crippen LogP contribution >= 0.6 is 0 Å². The van der Waals surface area contributed by atoms with Gasteiger partial charge in [0, 0.05) is 25.2 Å². The Balaban J connectivity index is 1.21. The van der Waals surface area contributed by atoms with E-state index in [2.05, 4.69) is 24.8 Å². The average molecular weight is 438 g/mol. The molecule has 0 N–H and O–H groups in total. The summed E-state index contributed by atoms with van der Waals surface area (Å²) in [6.07, 6.45) is 15.0. The number of fused-ring (bicyclic) bond motifs is 5. The minimum Gasteiger partial charge on any atom is -0.431 e. The van der Waals surface area contributed by atoms with E-state index in [1.807, 2.05) is 6.07 Å². The molecule has 1 aromatic rings. The van der Waals surface area contributed by atoms with Crippen molar-refractivity contribution in [2.75, 3.05) is 26.3 Å². The van der Waals surface area contributed by atoms with Crippen LogP contribution in [0.25, 0.3) is 0 Å². The van der Waals surface area contributed by atoms with E-state index in [9.17, 15) is 4.79 Å². The van der Waals surface area contributed by atoms with Crippen LogP contribution in [-0.2, 0) is 4.74 Å². The number of allylic oxidation sites excluding steroid dienone is 2. The Morgan fingerprint density at radius 3 is 2.66 bits per heavy atom. The molecule has 0 radical (unpaired) electrons. The second kappa shape index (κ2) is 7.84. The Morgan fingerprint density at radius 1 is 1.03 bits per heavy atom. The van der Waals surface area contributed by atoms with Gasteiger partial charge in [-0.15, -0.1) is 0 Å². The minimum atomic E-state index is -0.243. The predicted octanol–water partition coefficient (Wildman–Crippen LogP) is 5.39. The summed E-state index contributed by atoms with van der Waals surface area (Å²) in [5.74, 6) is 2.95. The number of ether oxygens (including phenoxy) is 1. The van der Waals surface area contributed by atoms with E-state index in [0.717, 1.165) is 56.5 Å². The van der Waals surface area contributed by atoms with E-state index in [1.54, 1.807) is 17.9 Å². The maximum absolute atomic E-state index is 11.5. The second-order valence-corrected chi connectivity index (χ2v) is 11.9. The van der Waals surface area contributed by atoms with E-state index in [0.29, 0.717) is 11.3 Å². The van der Waals surface area contributed by atoms with Gasteiger partial charge in [0.25, 0.3) is 0 Å². The van der Waals surface area contributed by atoms with Crippen LogP contribution in [0.2, 0.25) is 0 Å². The van der Waals surface area contributed by atoms with Crippen LogP contribution in [0.4, 0.5) is 0 Å². The molecule has 4 aliphatic carbocycles. The molecule has 1 saturated heterocycles. The maximum atomic E-state index is 11.5. The van der Waals surface area contributed by atoms with Gasteiger partial charge in [-0.05, 0) is 97.5 Å². The number of hydrogen-bond donors (Lipinski definition) is 0. The number of nitrogens with zero attached hydrogens (tertiary/aromatic N) is 1. The van der Waals surface area contributed by atoms with Crippen LogP contribution in [0, 0.1) is 28.6 Å². The summed E-state index contributed by atoms with van der Waals surface area (Å²) in [6.45, 7) is 9.26. The topological polar surface area (TPSA) is 42.7 Å². The van der Waals surface area contributed by atoms with E-state index < -0.39 is 0 Å². The van der Waals surface area contributed by atoms with Crippen molar-refractivity contribution in [2.45, 2.75) is 77.2 Å². The first-order valence-electron chi connectivity index (χ1n) is 13.1. The van der Waals surface area contributed by atoms with Gasteiger partial charge in [0.15, 0.2) is 0 Å². The molecule has 6 rings (SSSR count). The van der Waals surface area contributed by atoms with E-state index in [-0.39, 0.29) is 11.0 Å². The molecule has 32 heavy (non-hydrogen) atoms. The standard InChI is InChI=1S/C28H39NO3/c1-27-11-9-21(29-13-15-31-16-14-29)17-20(27)4-5-22-24-7-6-23(19-3-8-26(30)32-18-19)28(24,2)12-10-25(22)27/h3,7-8,18,20-23,25H,4-6,9-17H2,1-2H3/t20-,21?,22+,23-,25+,27+,28-/m1/s1. The van der Waals surface area contributed by atoms with E-state index >= 15 is 0 Å². The summed E-state index contributed by atoms with van der Waals surface area (Å²) in [5.41, 5.74) is 3.45.